The summed E-state index contributed by atoms with van der Waals surface area (Å²) < 4.78 is 13.5. The maximum absolute atomic E-state index is 11.9. The zero-order valence-electron chi connectivity index (χ0n) is 9.12. The average molecular weight is 420 g/mol. The van der Waals surface area contributed by atoms with Crippen molar-refractivity contribution < 1.29 is 19.0 Å². The van der Waals surface area contributed by atoms with Crippen LogP contribution >= 0.6 is 77.6 Å². The van der Waals surface area contributed by atoms with Gasteiger partial charge in [-0.25, -0.2) is 4.79 Å². The van der Waals surface area contributed by atoms with Gasteiger partial charge in [0.25, 0.3) is 3.79 Å². The number of benzene rings is 1. The number of halogens is 6. The fourth-order valence-electron chi connectivity index (χ4n) is 1.11. The molecule has 0 bridgehead atoms. The van der Waals surface area contributed by atoms with Gasteiger partial charge in [0.1, 0.15) is 0 Å². The molecular weight excluding hydrogens is 416 g/mol. The summed E-state index contributed by atoms with van der Waals surface area (Å²) in [4.78, 5) is 21.0. The number of ether oxygens (including phenoxy) is 1. The van der Waals surface area contributed by atoms with Crippen molar-refractivity contribution >= 4 is 83.6 Å². The van der Waals surface area contributed by atoms with Crippen molar-refractivity contribution in [1.29, 1.82) is 0 Å². The minimum Gasteiger partial charge on any atom is -0.406 e. The van der Waals surface area contributed by atoms with E-state index in [1.54, 1.807) is 0 Å². The SMILES string of the molecule is O=C(OC([P+](=O)O)C(Cl)(Cl)Cl)c1c(Cl)ccc(Cl)c1Cl. The van der Waals surface area contributed by atoms with Gasteiger partial charge < -0.3 is 4.74 Å². The third-order valence-electron chi connectivity index (χ3n) is 1.95. The molecule has 4 nitrogen and oxygen atoms in total. The predicted octanol–water partition coefficient (Wildman–Crippen LogP) is 5.23. The number of esters is 1. The molecular formula is C9H4Cl6O4P+. The first kappa shape index (κ1) is 18.5. The Morgan fingerprint density at radius 1 is 1.20 bits per heavy atom. The van der Waals surface area contributed by atoms with Gasteiger partial charge in [-0.3, -0.25) is 0 Å². The van der Waals surface area contributed by atoms with Crippen LogP contribution in [0.25, 0.3) is 0 Å². The molecule has 20 heavy (non-hydrogen) atoms. The first-order valence-electron chi connectivity index (χ1n) is 4.62. The third kappa shape index (κ3) is 4.49. The van der Waals surface area contributed by atoms with Gasteiger partial charge in [-0.05, 0) is 16.7 Å². The predicted molar refractivity (Wildman–Crippen MR) is 80.8 cm³/mol. The number of hydrogen-bond acceptors (Lipinski definition) is 3. The highest BCUT2D eigenvalue weighted by Gasteiger charge is 2.51. The molecule has 0 heterocycles. The zero-order chi connectivity index (χ0) is 15.7. The summed E-state index contributed by atoms with van der Waals surface area (Å²) in [5, 5.41) is -0.206. The van der Waals surface area contributed by atoms with Gasteiger partial charge in [-0.15, -0.1) is 0 Å². The monoisotopic (exact) mass is 417 g/mol. The molecule has 1 aromatic rings. The average Bonchev–Trinajstić information content (AvgIpc) is 2.29. The fourth-order valence-corrected chi connectivity index (χ4v) is 3.12. The Balaban J connectivity index is 3.14. The van der Waals surface area contributed by atoms with Crippen LogP contribution in [0.5, 0.6) is 0 Å². The van der Waals surface area contributed by atoms with Crippen LogP contribution in [0.3, 0.4) is 0 Å². The summed E-state index contributed by atoms with van der Waals surface area (Å²) in [5.74, 6) is -3.03. The topological polar surface area (TPSA) is 63.6 Å². The number of carbonyl (C=O) groups excluding carboxylic acids is 1. The molecule has 0 aliphatic rings. The lowest BCUT2D eigenvalue weighted by molar-refractivity contribution is 0.0438. The van der Waals surface area contributed by atoms with Crippen LogP contribution in [0.1, 0.15) is 10.4 Å². The molecule has 0 aromatic heterocycles. The summed E-state index contributed by atoms with van der Waals surface area (Å²) in [6, 6.07) is 2.66. The van der Waals surface area contributed by atoms with Crippen LogP contribution in [-0.2, 0) is 9.30 Å². The van der Waals surface area contributed by atoms with Crippen molar-refractivity contribution in [2.45, 2.75) is 9.64 Å². The molecule has 0 radical (unpaired) electrons. The Morgan fingerprint density at radius 2 is 1.70 bits per heavy atom. The van der Waals surface area contributed by atoms with Crippen molar-refractivity contribution in [3.63, 3.8) is 0 Å². The fraction of sp³-hybridized carbons (Fsp3) is 0.222. The van der Waals surface area contributed by atoms with E-state index in [1.807, 2.05) is 0 Å². The maximum Gasteiger partial charge on any atom is 0.555 e. The Morgan fingerprint density at radius 3 is 2.15 bits per heavy atom. The van der Waals surface area contributed by atoms with Gasteiger partial charge in [0, 0.05) is 0 Å². The Hall–Kier alpha value is 0.490. The van der Waals surface area contributed by atoms with Crippen LogP contribution in [0.15, 0.2) is 12.1 Å². The molecule has 1 rings (SSSR count). The Kier molecular flexibility index (Phi) is 6.64. The second kappa shape index (κ2) is 7.17. The largest absolute Gasteiger partial charge is 0.555 e. The van der Waals surface area contributed by atoms with Crippen molar-refractivity contribution in [3.8, 4) is 0 Å². The number of alkyl halides is 3. The number of hydrogen-bond donors (Lipinski definition) is 1. The number of rotatable bonds is 3. The van der Waals surface area contributed by atoms with Gasteiger partial charge in [0.05, 0.1) is 20.6 Å². The molecule has 2 unspecified atom stereocenters. The molecule has 0 aliphatic heterocycles. The first-order valence-corrected chi connectivity index (χ1v) is 8.17. The molecule has 110 valence electrons. The van der Waals surface area contributed by atoms with Crippen molar-refractivity contribution in [1.82, 2.24) is 0 Å². The van der Waals surface area contributed by atoms with Crippen molar-refractivity contribution in [2.24, 2.45) is 0 Å². The summed E-state index contributed by atoms with van der Waals surface area (Å²) in [6.07, 6.45) is 0. The van der Waals surface area contributed by atoms with Crippen LogP contribution in [0.4, 0.5) is 0 Å². The highest BCUT2D eigenvalue weighted by Crippen LogP contribution is 2.44. The van der Waals surface area contributed by atoms with Crippen LogP contribution in [0, 0.1) is 0 Å². The normalized spacial score (nSPS) is 13.8. The summed E-state index contributed by atoms with van der Waals surface area (Å²) in [5.41, 5.74) is -0.295. The molecule has 0 fully saturated rings. The smallest absolute Gasteiger partial charge is 0.406 e. The van der Waals surface area contributed by atoms with Gasteiger partial charge in [-0.2, -0.15) is 4.89 Å². The first-order chi connectivity index (χ1) is 9.05. The summed E-state index contributed by atoms with van der Waals surface area (Å²) >= 11 is 33.7. The van der Waals surface area contributed by atoms with E-state index in [2.05, 4.69) is 4.74 Å². The van der Waals surface area contributed by atoms with Crippen LogP contribution in [-0.4, -0.2) is 20.5 Å². The maximum atomic E-state index is 11.9. The van der Waals surface area contributed by atoms with Gasteiger partial charge in [0.2, 0.25) is 0 Å². The second-order valence-electron chi connectivity index (χ2n) is 3.32. The molecule has 2 atom stereocenters. The lowest BCUT2D eigenvalue weighted by atomic mass is 10.2. The summed E-state index contributed by atoms with van der Waals surface area (Å²) in [7, 11) is -3.11. The number of carbonyl (C=O) groups is 1. The molecule has 0 amide bonds. The van der Waals surface area contributed by atoms with Gasteiger partial charge >= 0.3 is 19.8 Å². The summed E-state index contributed by atoms with van der Waals surface area (Å²) in [6.45, 7) is 0. The minimum absolute atomic E-state index is 0.0434. The lowest BCUT2D eigenvalue weighted by Crippen LogP contribution is -2.28. The van der Waals surface area contributed by atoms with Crippen LogP contribution in [0.2, 0.25) is 15.1 Å². The van der Waals surface area contributed by atoms with Gasteiger partial charge in [-0.1, -0.05) is 69.6 Å². The van der Waals surface area contributed by atoms with E-state index in [9.17, 15) is 9.36 Å². The standard InChI is InChI=1S/C9H3Cl6O4P/c10-3-1-2-4(11)6(12)5(3)7(16)19-8(20(17)18)9(13,14)15/h1-2,8H/p+1. The van der Waals surface area contributed by atoms with E-state index in [4.69, 9.17) is 74.5 Å². The molecule has 11 heteroatoms. The third-order valence-corrected chi connectivity index (χ3v) is 5.01. The van der Waals surface area contributed by atoms with E-state index in [1.165, 1.54) is 12.1 Å². The molecule has 0 saturated heterocycles. The van der Waals surface area contributed by atoms with E-state index in [-0.39, 0.29) is 20.6 Å². The molecule has 0 spiro atoms. The second-order valence-corrected chi connectivity index (χ2v) is 7.96. The Labute approximate surface area is 144 Å². The highest BCUT2D eigenvalue weighted by molar-refractivity contribution is 7.39. The van der Waals surface area contributed by atoms with E-state index in [0.717, 1.165) is 0 Å². The van der Waals surface area contributed by atoms with Gasteiger partial charge in [0.15, 0.2) is 0 Å². The van der Waals surface area contributed by atoms with E-state index < -0.39 is 23.6 Å². The van der Waals surface area contributed by atoms with Crippen LogP contribution < -0.4 is 0 Å². The molecule has 0 saturated carbocycles. The molecule has 1 N–H and O–H groups in total. The van der Waals surface area contributed by atoms with Crippen molar-refractivity contribution in [3.05, 3.63) is 32.8 Å². The quantitative estimate of drug-likeness (QED) is 0.315. The van der Waals surface area contributed by atoms with Crippen molar-refractivity contribution in [2.75, 3.05) is 0 Å². The highest BCUT2D eigenvalue weighted by atomic mass is 35.6. The van der Waals surface area contributed by atoms with E-state index >= 15 is 0 Å². The lowest BCUT2D eigenvalue weighted by Gasteiger charge is -2.15. The minimum atomic E-state index is -3.11. The zero-order valence-corrected chi connectivity index (χ0v) is 14.5. The molecule has 1 aromatic carbocycles. The Bertz CT molecular complexity index is 558. The molecule has 0 aliphatic carbocycles. The van der Waals surface area contributed by atoms with E-state index in [0.29, 0.717) is 0 Å².